The molecule has 1 aromatic heterocycles. The van der Waals surface area contributed by atoms with Crippen molar-refractivity contribution < 1.29 is 18.7 Å². The Balaban J connectivity index is 1.41. The van der Waals surface area contributed by atoms with Gasteiger partial charge in [0.2, 0.25) is 5.91 Å². The molecule has 0 aliphatic carbocycles. The molecular formula is C18H26N2O4. The molecule has 3 aliphatic rings. The van der Waals surface area contributed by atoms with E-state index in [0.717, 1.165) is 57.9 Å². The Labute approximate surface area is 142 Å². The average molecular weight is 334 g/mol. The number of hydrogen-bond acceptors (Lipinski definition) is 5. The number of furan rings is 1. The van der Waals surface area contributed by atoms with E-state index < -0.39 is 0 Å². The van der Waals surface area contributed by atoms with Crippen molar-refractivity contribution in [3.05, 3.63) is 24.2 Å². The predicted molar refractivity (Wildman–Crippen MR) is 87.3 cm³/mol. The highest BCUT2D eigenvalue weighted by atomic mass is 16.5. The van der Waals surface area contributed by atoms with Gasteiger partial charge in [-0.2, -0.15) is 0 Å². The number of nitrogens with zero attached hydrogens (tertiary/aromatic N) is 1. The second-order valence-electron chi connectivity index (χ2n) is 7.06. The van der Waals surface area contributed by atoms with Gasteiger partial charge >= 0.3 is 0 Å². The molecule has 1 aromatic rings. The van der Waals surface area contributed by atoms with Gasteiger partial charge in [-0.3, -0.25) is 9.69 Å². The van der Waals surface area contributed by atoms with Crippen LogP contribution in [0.5, 0.6) is 0 Å². The topological polar surface area (TPSA) is 63.9 Å². The first-order valence-corrected chi connectivity index (χ1v) is 9.05. The number of piperidine rings is 1. The van der Waals surface area contributed by atoms with Gasteiger partial charge in [-0.05, 0) is 31.4 Å². The smallest absolute Gasteiger partial charge is 0.225 e. The van der Waals surface area contributed by atoms with Gasteiger partial charge in [0.1, 0.15) is 5.76 Å². The minimum absolute atomic E-state index is 0.00376. The zero-order valence-electron chi connectivity index (χ0n) is 14.0. The first-order valence-electron chi connectivity index (χ1n) is 9.05. The maximum atomic E-state index is 12.8. The van der Waals surface area contributed by atoms with Gasteiger partial charge in [-0.25, -0.2) is 0 Å². The van der Waals surface area contributed by atoms with Crippen LogP contribution >= 0.6 is 0 Å². The molecule has 6 nitrogen and oxygen atoms in total. The van der Waals surface area contributed by atoms with Gasteiger partial charge in [0.25, 0.3) is 0 Å². The van der Waals surface area contributed by atoms with Crippen LogP contribution in [-0.2, 0) is 20.8 Å². The maximum Gasteiger partial charge on any atom is 0.225 e. The van der Waals surface area contributed by atoms with Crippen molar-refractivity contribution >= 4 is 5.91 Å². The second kappa shape index (κ2) is 7.25. The quantitative estimate of drug-likeness (QED) is 0.902. The lowest BCUT2D eigenvalue weighted by molar-refractivity contribution is -0.132. The zero-order chi connectivity index (χ0) is 16.4. The number of ether oxygens (including phenoxy) is 2. The second-order valence-corrected chi connectivity index (χ2v) is 7.06. The van der Waals surface area contributed by atoms with Crippen LogP contribution in [-0.4, -0.2) is 55.9 Å². The number of nitrogens with one attached hydrogen (secondary N) is 1. The monoisotopic (exact) mass is 334 g/mol. The van der Waals surface area contributed by atoms with E-state index >= 15 is 0 Å². The van der Waals surface area contributed by atoms with Gasteiger partial charge in [0.05, 0.1) is 24.8 Å². The van der Waals surface area contributed by atoms with Crippen LogP contribution in [0.4, 0.5) is 0 Å². The molecular weight excluding hydrogens is 308 g/mol. The minimum atomic E-state index is 0.00376. The van der Waals surface area contributed by atoms with Crippen LogP contribution < -0.4 is 5.32 Å². The van der Waals surface area contributed by atoms with E-state index in [0.29, 0.717) is 18.5 Å². The van der Waals surface area contributed by atoms with Gasteiger partial charge in [0, 0.05) is 44.9 Å². The Bertz CT molecular complexity index is 541. The third-order valence-corrected chi connectivity index (χ3v) is 5.68. The van der Waals surface area contributed by atoms with Crippen LogP contribution in [0.3, 0.4) is 0 Å². The van der Waals surface area contributed by atoms with Crippen molar-refractivity contribution in [2.45, 2.75) is 38.0 Å². The summed E-state index contributed by atoms with van der Waals surface area (Å²) in [5.74, 6) is 1.27. The van der Waals surface area contributed by atoms with E-state index in [9.17, 15) is 4.79 Å². The first-order chi connectivity index (χ1) is 11.8. The molecule has 0 unspecified atom stereocenters. The Kier molecular flexibility index (Phi) is 4.87. The van der Waals surface area contributed by atoms with E-state index in [-0.39, 0.29) is 17.9 Å². The van der Waals surface area contributed by atoms with Gasteiger partial charge < -0.3 is 19.2 Å². The van der Waals surface area contributed by atoms with Gasteiger partial charge in [-0.15, -0.1) is 0 Å². The van der Waals surface area contributed by atoms with Crippen molar-refractivity contribution in [1.29, 1.82) is 0 Å². The van der Waals surface area contributed by atoms with Crippen molar-refractivity contribution in [3.8, 4) is 0 Å². The zero-order valence-corrected chi connectivity index (χ0v) is 14.0. The molecule has 0 aromatic carbocycles. The van der Waals surface area contributed by atoms with Crippen LogP contribution in [0.1, 0.15) is 25.0 Å². The van der Waals surface area contributed by atoms with E-state index in [4.69, 9.17) is 13.9 Å². The Morgan fingerprint density at radius 2 is 2.08 bits per heavy atom. The Morgan fingerprint density at radius 3 is 2.88 bits per heavy atom. The lowest BCUT2D eigenvalue weighted by Crippen LogP contribution is -2.56. The highest BCUT2D eigenvalue weighted by Gasteiger charge is 2.45. The fourth-order valence-electron chi connectivity index (χ4n) is 4.35. The Morgan fingerprint density at radius 1 is 1.21 bits per heavy atom. The van der Waals surface area contributed by atoms with Crippen molar-refractivity contribution in [2.75, 3.05) is 32.9 Å². The van der Waals surface area contributed by atoms with E-state index in [2.05, 4.69) is 10.2 Å². The normalized spacial score (nSPS) is 31.8. The van der Waals surface area contributed by atoms with E-state index in [1.54, 1.807) is 6.26 Å². The summed E-state index contributed by atoms with van der Waals surface area (Å²) in [4.78, 5) is 15.3. The fourth-order valence-corrected chi connectivity index (χ4v) is 4.35. The largest absolute Gasteiger partial charge is 0.467 e. The summed E-state index contributed by atoms with van der Waals surface area (Å²) >= 11 is 0. The molecule has 0 saturated carbocycles. The third kappa shape index (κ3) is 3.36. The lowest BCUT2D eigenvalue weighted by atomic mass is 9.81. The summed E-state index contributed by atoms with van der Waals surface area (Å²) in [6.45, 7) is 4.67. The molecule has 3 aliphatic heterocycles. The molecule has 4 heterocycles. The first kappa shape index (κ1) is 16.1. The van der Waals surface area contributed by atoms with Gasteiger partial charge in [0.15, 0.2) is 0 Å². The van der Waals surface area contributed by atoms with E-state index in [1.807, 2.05) is 12.1 Å². The molecule has 0 spiro atoms. The molecule has 6 heteroatoms. The summed E-state index contributed by atoms with van der Waals surface area (Å²) in [6, 6.07) is 4.25. The highest BCUT2D eigenvalue weighted by molar-refractivity contribution is 5.79. The van der Waals surface area contributed by atoms with Gasteiger partial charge in [-0.1, -0.05) is 0 Å². The molecule has 0 radical (unpaired) electrons. The summed E-state index contributed by atoms with van der Waals surface area (Å²) < 4.78 is 16.7. The molecule has 24 heavy (non-hydrogen) atoms. The molecule has 132 valence electrons. The van der Waals surface area contributed by atoms with Crippen LogP contribution in [0.25, 0.3) is 0 Å². The third-order valence-electron chi connectivity index (χ3n) is 5.68. The van der Waals surface area contributed by atoms with E-state index in [1.165, 1.54) is 0 Å². The van der Waals surface area contributed by atoms with Crippen molar-refractivity contribution in [1.82, 2.24) is 10.2 Å². The summed E-state index contributed by atoms with van der Waals surface area (Å²) in [7, 11) is 0. The average Bonchev–Trinajstić information content (AvgIpc) is 3.31. The molecule has 4 rings (SSSR count). The number of amides is 1. The van der Waals surface area contributed by atoms with Crippen LogP contribution in [0.15, 0.2) is 22.8 Å². The highest BCUT2D eigenvalue weighted by Crippen LogP contribution is 2.35. The number of carbonyl (C=O) groups is 1. The lowest BCUT2D eigenvalue weighted by Gasteiger charge is -2.44. The van der Waals surface area contributed by atoms with Crippen LogP contribution in [0, 0.1) is 11.8 Å². The summed E-state index contributed by atoms with van der Waals surface area (Å²) in [6.07, 6.45) is 4.93. The molecule has 1 N–H and O–H groups in total. The standard InChI is InChI=1S/C18H26N2O4/c21-18(19-10-14-2-1-6-23-14)16-11-20(13-3-7-22-8-4-13)12-17-15(16)5-9-24-17/h1-2,6,13,15-17H,3-5,7-12H2,(H,19,21)/t15-,16+,17+/m0/s1. The SMILES string of the molecule is O=C(NCc1ccco1)[C@@H]1CN(C2CCOCC2)C[C@H]2OCC[C@H]21. The van der Waals surface area contributed by atoms with Crippen LogP contribution in [0.2, 0.25) is 0 Å². The minimum Gasteiger partial charge on any atom is -0.467 e. The Hall–Kier alpha value is -1.37. The predicted octanol–water partition coefficient (Wildman–Crippen LogP) is 1.41. The summed E-state index contributed by atoms with van der Waals surface area (Å²) in [5, 5.41) is 3.05. The maximum absolute atomic E-state index is 12.8. The number of fused-ring (bicyclic) bond motifs is 1. The van der Waals surface area contributed by atoms with Crippen molar-refractivity contribution in [3.63, 3.8) is 0 Å². The molecule has 3 saturated heterocycles. The number of rotatable bonds is 4. The van der Waals surface area contributed by atoms with Crippen molar-refractivity contribution in [2.24, 2.45) is 11.8 Å². The molecule has 0 bridgehead atoms. The fraction of sp³-hybridized carbons (Fsp3) is 0.722. The summed E-state index contributed by atoms with van der Waals surface area (Å²) in [5.41, 5.74) is 0. The number of hydrogen-bond donors (Lipinski definition) is 1. The molecule has 3 atom stereocenters. The molecule has 1 amide bonds. The number of carbonyl (C=O) groups excluding carboxylic acids is 1. The molecule has 3 fully saturated rings. The number of likely N-dealkylation sites (tertiary alicyclic amines) is 1.